The molecule has 0 bridgehead atoms. The average molecular weight is 284 g/mol. The van der Waals surface area contributed by atoms with Crippen molar-refractivity contribution in [2.75, 3.05) is 13.7 Å². The van der Waals surface area contributed by atoms with E-state index >= 15 is 0 Å². The number of aromatic nitrogens is 2. The summed E-state index contributed by atoms with van der Waals surface area (Å²) in [6.07, 6.45) is 2.49. The summed E-state index contributed by atoms with van der Waals surface area (Å²) in [5.74, 6) is 1.15. The Labute approximate surface area is 122 Å². The second-order valence-electron chi connectivity index (χ2n) is 4.79. The first-order valence-electron chi connectivity index (χ1n) is 6.76. The van der Waals surface area contributed by atoms with Crippen LogP contribution >= 0.6 is 0 Å². The smallest absolute Gasteiger partial charge is 0.351 e. The summed E-state index contributed by atoms with van der Waals surface area (Å²) in [6.45, 7) is 4.73. The van der Waals surface area contributed by atoms with Gasteiger partial charge in [-0.15, -0.1) is 0 Å². The Morgan fingerprint density at radius 3 is 3.05 bits per heavy atom. The summed E-state index contributed by atoms with van der Waals surface area (Å²) in [7, 11) is 1.51. The van der Waals surface area contributed by atoms with Crippen molar-refractivity contribution in [2.24, 2.45) is 0 Å². The van der Waals surface area contributed by atoms with Gasteiger partial charge >= 0.3 is 5.69 Å². The first-order chi connectivity index (χ1) is 10.2. The van der Waals surface area contributed by atoms with Gasteiger partial charge in [-0.1, -0.05) is 12.7 Å². The van der Waals surface area contributed by atoms with Crippen molar-refractivity contribution in [2.45, 2.75) is 13.0 Å². The molecule has 1 aliphatic heterocycles. The molecule has 0 spiro atoms. The van der Waals surface area contributed by atoms with Crippen LogP contribution in [0.1, 0.15) is 5.56 Å². The molecule has 3 rings (SSSR count). The van der Waals surface area contributed by atoms with Gasteiger partial charge in [-0.2, -0.15) is 4.98 Å². The Kier molecular flexibility index (Phi) is 3.48. The molecule has 5 nitrogen and oxygen atoms in total. The molecule has 0 aliphatic carbocycles. The van der Waals surface area contributed by atoms with Gasteiger partial charge in [0.2, 0.25) is 5.88 Å². The molecule has 21 heavy (non-hydrogen) atoms. The number of hydrogen-bond donors (Lipinski definition) is 0. The van der Waals surface area contributed by atoms with Crippen molar-refractivity contribution in [1.82, 2.24) is 9.55 Å². The van der Waals surface area contributed by atoms with Crippen LogP contribution in [-0.2, 0) is 13.0 Å². The van der Waals surface area contributed by atoms with Crippen LogP contribution in [0.5, 0.6) is 11.6 Å². The highest BCUT2D eigenvalue weighted by Gasteiger charge is 2.19. The molecule has 0 unspecified atom stereocenters. The van der Waals surface area contributed by atoms with E-state index in [1.165, 1.54) is 7.11 Å². The molecule has 1 aromatic heterocycles. The SMILES string of the molecule is C=CCOc1ccc2c(c1)CCn1c-2cc(OC)nc1=O. The molecule has 1 aromatic carbocycles. The van der Waals surface area contributed by atoms with Crippen LogP contribution < -0.4 is 15.2 Å². The largest absolute Gasteiger partial charge is 0.490 e. The number of aryl methyl sites for hydroxylation is 1. The Hall–Kier alpha value is -2.56. The predicted molar refractivity (Wildman–Crippen MR) is 79.9 cm³/mol. The van der Waals surface area contributed by atoms with Crippen LogP contribution in [0.4, 0.5) is 0 Å². The molecule has 0 fully saturated rings. The highest BCUT2D eigenvalue weighted by Crippen LogP contribution is 2.32. The molecule has 0 N–H and O–H groups in total. The van der Waals surface area contributed by atoms with Crippen LogP contribution in [0.2, 0.25) is 0 Å². The fraction of sp³-hybridized carbons (Fsp3) is 0.250. The third kappa shape index (κ3) is 2.42. The van der Waals surface area contributed by atoms with Gasteiger partial charge in [0.05, 0.1) is 12.8 Å². The molecule has 2 aromatic rings. The van der Waals surface area contributed by atoms with Crippen molar-refractivity contribution in [3.63, 3.8) is 0 Å². The Morgan fingerprint density at radius 1 is 1.43 bits per heavy atom. The maximum atomic E-state index is 12.0. The van der Waals surface area contributed by atoms with Gasteiger partial charge in [0.1, 0.15) is 12.4 Å². The zero-order chi connectivity index (χ0) is 14.8. The number of ether oxygens (including phenoxy) is 2. The second kappa shape index (κ2) is 5.44. The lowest BCUT2D eigenvalue weighted by molar-refractivity contribution is 0.362. The maximum absolute atomic E-state index is 12.0. The average Bonchev–Trinajstić information content (AvgIpc) is 2.52. The molecular weight excluding hydrogens is 268 g/mol. The minimum absolute atomic E-state index is 0.276. The molecule has 0 amide bonds. The Balaban J connectivity index is 2.08. The van der Waals surface area contributed by atoms with Crippen LogP contribution in [0.3, 0.4) is 0 Å². The third-order valence-corrected chi connectivity index (χ3v) is 3.52. The van der Waals surface area contributed by atoms with Gasteiger partial charge in [-0.3, -0.25) is 4.57 Å². The fourth-order valence-electron chi connectivity index (χ4n) is 2.53. The molecule has 0 atom stereocenters. The number of rotatable bonds is 4. The molecule has 0 saturated heterocycles. The number of fused-ring (bicyclic) bond motifs is 3. The topological polar surface area (TPSA) is 53.4 Å². The van der Waals surface area contributed by atoms with Gasteiger partial charge in [-0.05, 0) is 30.2 Å². The van der Waals surface area contributed by atoms with Gasteiger partial charge in [0.25, 0.3) is 0 Å². The van der Waals surface area contributed by atoms with E-state index in [4.69, 9.17) is 9.47 Å². The van der Waals surface area contributed by atoms with Crippen LogP contribution in [0.15, 0.2) is 41.7 Å². The quantitative estimate of drug-likeness (QED) is 0.806. The highest BCUT2D eigenvalue weighted by molar-refractivity contribution is 5.67. The summed E-state index contributed by atoms with van der Waals surface area (Å²) in [5.41, 5.74) is 2.74. The zero-order valence-electron chi connectivity index (χ0n) is 11.8. The van der Waals surface area contributed by atoms with E-state index in [0.717, 1.165) is 29.0 Å². The monoisotopic (exact) mass is 284 g/mol. The molecule has 108 valence electrons. The lowest BCUT2D eigenvalue weighted by Crippen LogP contribution is -2.28. The van der Waals surface area contributed by atoms with E-state index in [-0.39, 0.29) is 5.69 Å². The van der Waals surface area contributed by atoms with E-state index in [9.17, 15) is 4.79 Å². The third-order valence-electron chi connectivity index (χ3n) is 3.52. The van der Waals surface area contributed by atoms with Crippen LogP contribution in [0.25, 0.3) is 11.3 Å². The molecule has 1 aliphatic rings. The standard InChI is InChI=1S/C16H16N2O3/c1-3-8-21-12-4-5-13-11(9-12)6-7-18-14(13)10-15(20-2)17-16(18)19/h3-5,9-10H,1,6-8H2,2H3. The predicted octanol–water partition coefficient (Wildman–Crippen LogP) is 2.04. The summed E-state index contributed by atoms with van der Waals surface area (Å²) < 4.78 is 12.3. The van der Waals surface area contributed by atoms with Crippen molar-refractivity contribution in [1.29, 1.82) is 0 Å². The van der Waals surface area contributed by atoms with E-state index in [1.54, 1.807) is 16.7 Å². The zero-order valence-corrected chi connectivity index (χ0v) is 11.8. The van der Waals surface area contributed by atoms with Crippen LogP contribution in [-0.4, -0.2) is 23.3 Å². The van der Waals surface area contributed by atoms with E-state index in [0.29, 0.717) is 19.0 Å². The molecule has 0 saturated carbocycles. The van der Waals surface area contributed by atoms with E-state index in [1.807, 2.05) is 18.2 Å². The molecule has 0 radical (unpaired) electrons. The minimum atomic E-state index is -0.276. The van der Waals surface area contributed by atoms with Crippen molar-refractivity contribution in [3.05, 3.63) is 53.0 Å². The first-order valence-corrected chi connectivity index (χ1v) is 6.76. The van der Waals surface area contributed by atoms with E-state index in [2.05, 4.69) is 11.6 Å². The minimum Gasteiger partial charge on any atom is -0.490 e. The van der Waals surface area contributed by atoms with Gasteiger partial charge < -0.3 is 9.47 Å². The summed E-state index contributed by atoms with van der Waals surface area (Å²) in [4.78, 5) is 15.9. The molecule has 2 heterocycles. The number of nitrogens with zero attached hydrogens (tertiary/aromatic N) is 2. The maximum Gasteiger partial charge on any atom is 0.351 e. The van der Waals surface area contributed by atoms with Gasteiger partial charge in [0.15, 0.2) is 0 Å². The number of benzene rings is 1. The lowest BCUT2D eigenvalue weighted by Gasteiger charge is -2.22. The summed E-state index contributed by atoms with van der Waals surface area (Å²) in [5, 5.41) is 0. The van der Waals surface area contributed by atoms with Crippen LogP contribution in [0, 0.1) is 0 Å². The van der Waals surface area contributed by atoms with Gasteiger partial charge in [0, 0.05) is 18.2 Å². The highest BCUT2D eigenvalue weighted by atomic mass is 16.5. The Bertz CT molecular complexity index is 750. The van der Waals surface area contributed by atoms with Crippen molar-refractivity contribution in [3.8, 4) is 22.9 Å². The van der Waals surface area contributed by atoms with E-state index < -0.39 is 0 Å². The Morgan fingerprint density at radius 2 is 2.29 bits per heavy atom. The van der Waals surface area contributed by atoms with Gasteiger partial charge in [-0.25, -0.2) is 4.79 Å². The lowest BCUT2D eigenvalue weighted by atomic mass is 9.97. The van der Waals surface area contributed by atoms with Crippen molar-refractivity contribution >= 4 is 0 Å². The second-order valence-corrected chi connectivity index (χ2v) is 4.79. The molecule has 5 heteroatoms. The summed E-state index contributed by atoms with van der Waals surface area (Å²) in [6, 6.07) is 7.68. The number of hydrogen-bond acceptors (Lipinski definition) is 4. The first kappa shape index (κ1) is 13.4. The fourth-order valence-corrected chi connectivity index (χ4v) is 2.53. The van der Waals surface area contributed by atoms with Crippen molar-refractivity contribution < 1.29 is 9.47 Å². The normalized spacial score (nSPS) is 12.2. The summed E-state index contributed by atoms with van der Waals surface area (Å²) >= 11 is 0. The molecular formula is C16H16N2O3. The number of methoxy groups -OCH3 is 1.